The lowest BCUT2D eigenvalue weighted by molar-refractivity contribution is 0.179. The largest absolute Gasteiger partial charge is 0.378 e. The van der Waals surface area contributed by atoms with Crippen LogP contribution in [0.25, 0.3) is 0 Å². The summed E-state index contributed by atoms with van der Waals surface area (Å²) in [6.07, 6.45) is 4.88. The summed E-state index contributed by atoms with van der Waals surface area (Å²) < 4.78 is 6.37. The van der Waals surface area contributed by atoms with Crippen LogP contribution in [-0.2, 0) is 11.3 Å². The van der Waals surface area contributed by atoms with Gasteiger partial charge in [0.25, 0.3) is 0 Å². The second kappa shape index (κ2) is 7.22. The molecule has 21 heavy (non-hydrogen) atoms. The number of hydrogen-bond acceptors (Lipinski definition) is 4. The van der Waals surface area contributed by atoms with Crippen LogP contribution in [0.3, 0.4) is 0 Å². The van der Waals surface area contributed by atoms with Gasteiger partial charge in [-0.15, -0.1) is 0 Å². The van der Waals surface area contributed by atoms with Crippen molar-refractivity contribution in [2.24, 2.45) is 5.41 Å². The van der Waals surface area contributed by atoms with Gasteiger partial charge in [-0.25, -0.2) is 9.97 Å². The minimum Gasteiger partial charge on any atom is -0.378 e. The van der Waals surface area contributed by atoms with Crippen LogP contribution in [-0.4, -0.2) is 23.6 Å². The number of nitrogens with one attached hydrogen (secondary N) is 1. The monoisotopic (exact) mass is 403 g/mol. The summed E-state index contributed by atoms with van der Waals surface area (Å²) in [6.45, 7) is 8.23. The number of ether oxygens (including phenoxy) is 1. The van der Waals surface area contributed by atoms with E-state index in [1.54, 1.807) is 7.11 Å². The first kappa shape index (κ1) is 16.9. The average molecular weight is 403 g/mol. The van der Waals surface area contributed by atoms with Gasteiger partial charge < -0.3 is 10.1 Å². The first-order valence-corrected chi connectivity index (χ1v) is 8.84. The number of hydrogen-bond donors (Lipinski definition) is 1. The summed E-state index contributed by atoms with van der Waals surface area (Å²) in [4.78, 5) is 9.58. The molecule has 0 unspecified atom stereocenters. The van der Waals surface area contributed by atoms with Crippen molar-refractivity contribution >= 4 is 28.4 Å². The van der Waals surface area contributed by atoms with Crippen LogP contribution in [0.1, 0.15) is 63.9 Å². The van der Waals surface area contributed by atoms with Crippen molar-refractivity contribution in [1.82, 2.24) is 9.97 Å². The van der Waals surface area contributed by atoms with Crippen molar-refractivity contribution < 1.29 is 4.74 Å². The van der Waals surface area contributed by atoms with E-state index in [1.807, 2.05) is 0 Å². The smallest absolute Gasteiger partial charge is 0.143 e. The molecule has 1 fully saturated rings. The molecule has 1 N–H and O–H groups in total. The standard InChI is InChI=1S/C16H26IN3O/c1-5-18-15-13(17)12(10-21-4)19-14(20-15)11-6-8-16(2,3)9-7-11/h11H,5-10H2,1-4H3,(H,18,19,20). The Morgan fingerprint density at radius 1 is 1.29 bits per heavy atom. The molecule has 0 atom stereocenters. The summed E-state index contributed by atoms with van der Waals surface area (Å²) in [5.74, 6) is 2.44. The second-order valence-electron chi connectivity index (χ2n) is 6.59. The summed E-state index contributed by atoms with van der Waals surface area (Å²) in [5, 5.41) is 3.36. The van der Waals surface area contributed by atoms with Gasteiger partial charge in [0.15, 0.2) is 0 Å². The molecule has 0 bridgehead atoms. The minimum absolute atomic E-state index is 0.472. The number of methoxy groups -OCH3 is 1. The quantitative estimate of drug-likeness (QED) is 0.743. The number of rotatable bonds is 5. The minimum atomic E-state index is 0.472. The summed E-state index contributed by atoms with van der Waals surface area (Å²) in [6, 6.07) is 0. The van der Waals surface area contributed by atoms with Crippen molar-refractivity contribution in [1.29, 1.82) is 0 Å². The van der Waals surface area contributed by atoms with Gasteiger partial charge in [-0.3, -0.25) is 0 Å². The Bertz CT molecular complexity index is 453. The first-order chi connectivity index (χ1) is 9.96. The zero-order valence-corrected chi connectivity index (χ0v) is 15.7. The van der Waals surface area contributed by atoms with Crippen molar-refractivity contribution in [3.8, 4) is 0 Å². The SMILES string of the molecule is CCNc1nc(C2CCC(C)(C)CC2)nc(COC)c1I. The first-order valence-electron chi connectivity index (χ1n) is 7.76. The summed E-state index contributed by atoms with van der Waals surface area (Å²) >= 11 is 2.31. The number of aromatic nitrogens is 2. The van der Waals surface area contributed by atoms with Crippen LogP contribution in [0, 0.1) is 8.99 Å². The van der Waals surface area contributed by atoms with Crippen molar-refractivity contribution in [3.63, 3.8) is 0 Å². The zero-order chi connectivity index (χ0) is 15.5. The van der Waals surface area contributed by atoms with Crippen molar-refractivity contribution in [3.05, 3.63) is 15.1 Å². The predicted molar refractivity (Wildman–Crippen MR) is 94.6 cm³/mol. The Hall–Kier alpha value is -0.430. The lowest BCUT2D eigenvalue weighted by Crippen LogP contribution is -2.22. The van der Waals surface area contributed by atoms with Crippen LogP contribution in [0.4, 0.5) is 5.82 Å². The Morgan fingerprint density at radius 3 is 2.52 bits per heavy atom. The fourth-order valence-corrected chi connectivity index (χ4v) is 3.46. The van der Waals surface area contributed by atoms with Crippen LogP contribution >= 0.6 is 22.6 Å². The van der Waals surface area contributed by atoms with E-state index in [-0.39, 0.29) is 0 Å². The molecule has 0 spiro atoms. The third-order valence-corrected chi connectivity index (χ3v) is 5.40. The van der Waals surface area contributed by atoms with Crippen molar-refractivity contribution in [2.45, 2.75) is 59.0 Å². The van der Waals surface area contributed by atoms with E-state index in [9.17, 15) is 0 Å². The van der Waals surface area contributed by atoms with Gasteiger partial charge in [0.2, 0.25) is 0 Å². The molecule has 1 aromatic heterocycles. The predicted octanol–water partition coefficient (Wildman–Crippen LogP) is 4.34. The van der Waals surface area contributed by atoms with Gasteiger partial charge in [-0.1, -0.05) is 13.8 Å². The van der Waals surface area contributed by atoms with Gasteiger partial charge in [0, 0.05) is 19.6 Å². The topological polar surface area (TPSA) is 47.0 Å². The molecule has 1 saturated carbocycles. The highest BCUT2D eigenvalue weighted by atomic mass is 127. The molecule has 0 amide bonds. The third kappa shape index (κ3) is 4.28. The molecule has 0 aromatic carbocycles. The van der Waals surface area contributed by atoms with E-state index in [0.717, 1.165) is 27.5 Å². The van der Waals surface area contributed by atoms with Gasteiger partial charge in [-0.2, -0.15) is 0 Å². The fourth-order valence-electron chi connectivity index (χ4n) is 2.87. The Kier molecular flexibility index (Phi) is 5.82. The zero-order valence-electron chi connectivity index (χ0n) is 13.5. The normalized spacial score (nSPS) is 18.7. The number of nitrogens with zero attached hydrogens (tertiary/aromatic N) is 2. The van der Waals surface area contributed by atoms with E-state index in [4.69, 9.17) is 14.7 Å². The molecular formula is C16H26IN3O. The van der Waals surface area contributed by atoms with E-state index >= 15 is 0 Å². The molecule has 118 valence electrons. The fraction of sp³-hybridized carbons (Fsp3) is 0.750. The third-order valence-electron chi connectivity index (χ3n) is 4.27. The highest BCUT2D eigenvalue weighted by Crippen LogP contribution is 2.41. The summed E-state index contributed by atoms with van der Waals surface area (Å²) in [5.41, 5.74) is 1.48. The Balaban J connectivity index is 2.26. The van der Waals surface area contributed by atoms with Crippen molar-refractivity contribution in [2.75, 3.05) is 19.0 Å². The molecule has 0 aliphatic heterocycles. The lowest BCUT2D eigenvalue weighted by atomic mass is 9.73. The molecule has 1 aliphatic carbocycles. The van der Waals surface area contributed by atoms with Gasteiger partial charge in [0.1, 0.15) is 11.6 Å². The number of anilines is 1. The highest BCUT2D eigenvalue weighted by Gasteiger charge is 2.29. The van der Waals surface area contributed by atoms with Gasteiger partial charge in [0.05, 0.1) is 15.9 Å². The van der Waals surface area contributed by atoms with Gasteiger partial charge >= 0.3 is 0 Å². The molecule has 4 nitrogen and oxygen atoms in total. The van der Waals surface area contributed by atoms with E-state index < -0.39 is 0 Å². The molecule has 2 rings (SSSR count). The van der Waals surface area contributed by atoms with E-state index in [0.29, 0.717) is 17.9 Å². The molecule has 1 aliphatic rings. The molecular weight excluding hydrogens is 377 g/mol. The Labute approximate surface area is 141 Å². The summed E-state index contributed by atoms with van der Waals surface area (Å²) in [7, 11) is 1.72. The van der Waals surface area contributed by atoms with Crippen LogP contribution < -0.4 is 5.32 Å². The van der Waals surface area contributed by atoms with Gasteiger partial charge in [-0.05, 0) is 60.6 Å². The van der Waals surface area contributed by atoms with E-state index in [2.05, 4.69) is 48.7 Å². The van der Waals surface area contributed by atoms with Crippen LogP contribution in [0.5, 0.6) is 0 Å². The van der Waals surface area contributed by atoms with Crippen LogP contribution in [0.15, 0.2) is 0 Å². The second-order valence-corrected chi connectivity index (χ2v) is 7.67. The highest BCUT2D eigenvalue weighted by molar-refractivity contribution is 14.1. The van der Waals surface area contributed by atoms with E-state index in [1.165, 1.54) is 25.7 Å². The maximum absolute atomic E-state index is 5.29. The number of halogens is 1. The molecule has 1 heterocycles. The van der Waals surface area contributed by atoms with Crippen LogP contribution in [0.2, 0.25) is 0 Å². The molecule has 0 saturated heterocycles. The molecule has 5 heteroatoms. The molecule has 0 radical (unpaired) electrons. The maximum atomic E-state index is 5.29. The lowest BCUT2D eigenvalue weighted by Gasteiger charge is -2.33. The average Bonchev–Trinajstić information content (AvgIpc) is 2.43. The maximum Gasteiger partial charge on any atom is 0.143 e. The molecule has 1 aromatic rings. The Morgan fingerprint density at radius 2 is 1.95 bits per heavy atom.